The molecule has 2 heterocycles. The minimum Gasteiger partial charge on any atom is -0.342 e. The zero-order valence-corrected chi connectivity index (χ0v) is 8.25. The van der Waals surface area contributed by atoms with Crippen molar-refractivity contribution in [1.29, 1.82) is 0 Å². The van der Waals surface area contributed by atoms with Gasteiger partial charge in [-0.1, -0.05) is 6.92 Å². The van der Waals surface area contributed by atoms with Crippen molar-refractivity contribution < 1.29 is 4.79 Å². The molecule has 0 aromatic heterocycles. The van der Waals surface area contributed by atoms with E-state index in [9.17, 15) is 4.79 Å². The average Bonchev–Trinajstić information content (AvgIpc) is 2.01. The molecule has 1 amide bonds. The second-order valence-corrected chi connectivity index (χ2v) is 4.39. The maximum atomic E-state index is 11.8. The number of hydrogen-bond acceptors (Lipinski definition) is 2. The van der Waals surface area contributed by atoms with E-state index < -0.39 is 0 Å². The zero-order valence-electron chi connectivity index (χ0n) is 8.25. The molecule has 3 nitrogen and oxygen atoms in total. The lowest BCUT2D eigenvalue weighted by Crippen LogP contribution is -2.53. The van der Waals surface area contributed by atoms with Crippen molar-refractivity contribution in [3.05, 3.63) is 0 Å². The molecule has 2 rings (SSSR count). The molecule has 13 heavy (non-hydrogen) atoms. The van der Waals surface area contributed by atoms with Crippen LogP contribution in [0.5, 0.6) is 0 Å². The van der Waals surface area contributed by atoms with Crippen LogP contribution in [0.25, 0.3) is 0 Å². The molecule has 2 saturated heterocycles. The number of hydrogen-bond donors (Lipinski definition) is 1. The van der Waals surface area contributed by atoms with E-state index in [-0.39, 0.29) is 5.92 Å². The first-order valence-corrected chi connectivity index (χ1v) is 5.27. The summed E-state index contributed by atoms with van der Waals surface area (Å²) in [7, 11) is 0. The van der Waals surface area contributed by atoms with Crippen LogP contribution in [0.15, 0.2) is 0 Å². The van der Waals surface area contributed by atoms with Gasteiger partial charge in [0.25, 0.3) is 0 Å². The average molecular weight is 182 g/mol. The molecule has 2 aliphatic rings. The summed E-state index contributed by atoms with van der Waals surface area (Å²) < 4.78 is 0. The lowest BCUT2D eigenvalue weighted by molar-refractivity contribution is -0.138. The van der Waals surface area contributed by atoms with Crippen LogP contribution in [0.4, 0.5) is 0 Å². The largest absolute Gasteiger partial charge is 0.342 e. The Hall–Kier alpha value is -0.570. The molecule has 0 radical (unpaired) electrons. The quantitative estimate of drug-likeness (QED) is 0.639. The Kier molecular flexibility index (Phi) is 2.54. The van der Waals surface area contributed by atoms with Gasteiger partial charge in [-0.2, -0.15) is 0 Å². The Morgan fingerprint density at radius 2 is 2.23 bits per heavy atom. The van der Waals surface area contributed by atoms with Crippen LogP contribution in [0, 0.1) is 11.8 Å². The highest BCUT2D eigenvalue weighted by Gasteiger charge is 2.30. The van der Waals surface area contributed by atoms with Crippen LogP contribution in [-0.2, 0) is 4.79 Å². The van der Waals surface area contributed by atoms with Crippen LogP contribution >= 0.6 is 0 Å². The molecule has 2 aliphatic heterocycles. The van der Waals surface area contributed by atoms with E-state index in [4.69, 9.17) is 0 Å². The molecule has 0 unspecified atom stereocenters. The van der Waals surface area contributed by atoms with Crippen molar-refractivity contribution in [2.45, 2.75) is 19.8 Å². The number of carbonyl (C=O) groups excluding carboxylic acids is 1. The highest BCUT2D eigenvalue weighted by atomic mass is 16.2. The fourth-order valence-electron chi connectivity index (χ4n) is 2.11. The molecule has 0 aliphatic carbocycles. The minimum absolute atomic E-state index is 0.283. The maximum Gasteiger partial charge on any atom is 0.228 e. The van der Waals surface area contributed by atoms with Crippen molar-refractivity contribution in [3.63, 3.8) is 0 Å². The maximum absolute atomic E-state index is 11.8. The number of nitrogens with one attached hydrogen (secondary N) is 1. The van der Waals surface area contributed by atoms with E-state index in [1.54, 1.807) is 0 Å². The number of amides is 1. The second kappa shape index (κ2) is 3.66. The van der Waals surface area contributed by atoms with E-state index in [1.807, 2.05) is 0 Å². The fourth-order valence-corrected chi connectivity index (χ4v) is 2.11. The van der Waals surface area contributed by atoms with Gasteiger partial charge in [0, 0.05) is 26.2 Å². The van der Waals surface area contributed by atoms with Crippen molar-refractivity contribution in [3.8, 4) is 0 Å². The van der Waals surface area contributed by atoms with Crippen molar-refractivity contribution in [2.75, 3.05) is 26.2 Å². The van der Waals surface area contributed by atoms with E-state index in [0.29, 0.717) is 11.8 Å². The number of piperidine rings is 1. The summed E-state index contributed by atoms with van der Waals surface area (Å²) in [6, 6.07) is 0. The van der Waals surface area contributed by atoms with Gasteiger partial charge in [0.1, 0.15) is 0 Å². The van der Waals surface area contributed by atoms with Crippen molar-refractivity contribution in [2.24, 2.45) is 11.8 Å². The van der Waals surface area contributed by atoms with Gasteiger partial charge in [0.2, 0.25) is 5.91 Å². The smallest absolute Gasteiger partial charge is 0.228 e. The fraction of sp³-hybridized carbons (Fsp3) is 0.900. The summed E-state index contributed by atoms with van der Waals surface area (Å²) in [5.74, 6) is 1.36. The van der Waals surface area contributed by atoms with Crippen LogP contribution in [0.3, 0.4) is 0 Å². The van der Waals surface area contributed by atoms with Crippen LogP contribution in [0.1, 0.15) is 19.8 Å². The Morgan fingerprint density at radius 1 is 1.46 bits per heavy atom. The number of likely N-dealkylation sites (tertiary alicyclic amines) is 1. The van der Waals surface area contributed by atoms with E-state index in [0.717, 1.165) is 26.2 Å². The summed E-state index contributed by atoms with van der Waals surface area (Å²) in [5.41, 5.74) is 0. The normalized spacial score (nSPS) is 29.9. The van der Waals surface area contributed by atoms with Crippen LogP contribution < -0.4 is 5.32 Å². The first-order valence-electron chi connectivity index (χ1n) is 5.27. The highest BCUT2D eigenvalue weighted by molar-refractivity contribution is 5.80. The second-order valence-electron chi connectivity index (χ2n) is 4.39. The predicted molar refractivity (Wildman–Crippen MR) is 51.3 cm³/mol. The molecule has 0 aromatic carbocycles. The summed E-state index contributed by atoms with van der Waals surface area (Å²) in [5, 5.41) is 3.14. The molecule has 74 valence electrons. The number of nitrogens with zero attached hydrogens (tertiary/aromatic N) is 1. The van der Waals surface area contributed by atoms with E-state index in [2.05, 4.69) is 17.1 Å². The molecule has 0 saturated carbocycles. The number of carbonyl (C=O) groups is 1. The van der Waals surface area contributed by atoms with Gasteiger partial charge in [-0.25, -0.2) is 0 Å². The van der Waals surface area contributed by atoms with Crippen LogP contribution in [-0.4, -0.2) is 37.0 Å². The van der Waals surface area contributed by atoms with Gasteiger partial charge < -0.3 is 10.2 Å². The Bertz CT molecular complexity index is 201. The summed E-state index contributed by atoms with van der Waals surface area (Å²) in [4.78, 5) is 13.9. The lowest BCUT2D eigenvalue weighted by atomic mass is 9.96. The molecule has 1 N–H and O–H groups in total. The third-order valence-electron chi connectivity index (χ3n) is 3.10. The molecular formula is C10H18N2O. The highest BCUT2D eigenvalue weighted by Crippen LogP contribution is 2.18. The Morgan fingerprint density at radius 3 is 2.77 bits per heavy atom. The van der Waals surface area contributed by atoms with Crippen LogP contribution in [0.2, 0.25) is 0 Å². The van der Waals surface area contributed by atoms with Crippen molar-refractivity contribution >= 4 is 5.91 Å². The Labute approximate surface area is 79.5 Å². The first-order chi connectivity index (χ1) is 6.27. The topological polar surface area (TPSA) is 32.3 Å². The summed E-state index contributed by atoms with van der Waals surface area (Å²) in [6.45, 7) is 5.99. The SMILES string of the molecule is C[C@H]1CCCN(C(=O)C2CNC2)C1. The van der Waals surface area contributed by atoms with Crippen molar-refractivity contribution in [1.82, 2.24) is 10.2 Å². The summed E-state index contributed by atoms with van der Waals surface area (Å²) >= 11 is 0. The molecule has 0 bridgehead atoms. The third-order valence-corrected chi connectivity index (χ3v) is 3.10. The monoisotopic (exact) mass is 182 g/mol. The molecular weight excluding hydrogens is 164 g/mol. The molecule has 0 spiro atoms. The molecule has 0 aromatic rings. The van der Waals surface area contributed by atoms with Gasteiger partial charge in [-0.3, -0.25) is 4.79 Å². The zero-order chi connectivity index (χ0) is 9.26. The standard InChI is InChI=1S/C10H18N2O/c1-8-3-2-4-12(7-8)10(13)9-5-11-6-9/h8-9,11H,2-7H2,1H3/t8-/m0/s1. The number of rotatable bonds is 1. The van der Waals surface area contributed by atoms with E-state index in [1.165, 1.54) is 12.8 Å². The Balaban J connectivity index is 1.87. The van der Waals surface area contributed by atoms with Gasteiger partial charge in [0.15, 0.2) is 0 Å². The third kappa shape index (κ3) is 1.85. The minimum atomic E-state index is 0.283. The lowest BCUT2D eigenvalue weighted by Gasteiger charge is -2.36. The van der Waals surface area contributed by atoms with Gasteiger partial charge in [0.05, 0.1) is 5.92 Å². The summed E-state index contributed by atoms with van der Waals surface area (Å²) in [6.07, 6.45) is 2.47. The molecule has 1 atom stereocenters. The molecule has 2 fully saturated rings. The van der Waals surface area contributed by atoms with Gasteiger partial charge in [-0.15, -0.1) is 0 Å². The van der Waals surface area contributed by atoms with Gasteiger partial charge >= 0.3 is 0 Å². The van der Waals surface area contributed by atoms with E-state index >= 15 is 0 Å². The predicted octanol–water partition coefficient (Wildman–Crippen LogP) is 0.464. The van der Waals surface area contributed by atoms with Gasteiger partial charge in [-0.05, 0) is 18.8 Å². The first kappa shape index (κ1) is 9.00. The molecule has 3 heteroatoms.